The lowest BCUT2D eigenvalue weighted by molar-refractivity contribution is -0.135. The van der Waals surface area contributed by atoms with Crippen molar-refractivity contribution in [1.82, 2.24) is 15.5 Å². The van der Waals surface area contributed by atoms with Gasteiger partial charge in [0.15, 0.2) is 0 Å². The second kappa shape index (κ2) is 8.08. The number of amides is 2. The molecule has 1 heterocycles. The maximum absolute atomic E-state index is 11.7. The molecule has 18 heavy (non-hydrogen) atoms. The molecule has 0 spiro atoms. The molecule has 1 fully saturated rings. The van der Waals surface area contributed by atoms with Crippen LogP contribution in [-0.4, -0.2) is 48.9 Å². The number of hydrogen-bond acceptors (Lipinski definition) is 3. The molecule has 0 unspecified atom stereocenters. The van der Waals surface area contributed by atoms with Crippen LogP contribution in [-0.2, 0) is 9.59 Å². The summed E-state index contributed by atoms with van der Waals surface area (Å²) in [4.78, 5) is 25.1. The van der Waals surface area contributed by atoms with E-state index in [1.54, 1.807) is 4.90 Å². The Morgan fingerprint density at radius 1 is 1.39 bits per heavy atom. The molecule has 1 atom stereocenters. The van der Waals surface area contributed by atoms with Gasteiger partial charge in [0.2, 0.25) is 11.8 Å². The second-order valence-corrected chi connectivity index (χ2v) is 4.89. The van der Waals surface area contributed by atoms with Crippen molar-refractivity contribution in [2.24, 2.45) is 0 Å². The van der Waals surface area contributed by atoms with Crippen LogP contribution < -0.4 is 10.6 Å². The third kappa shape index (κ3) is 5.49. The van der Waals surface area contributed by atoms with Crippen molar-refractivity contribution in [2.45, 2.75) is 45.6 Å². The van der Waals surface area contributed by atoms with Gasteiger partial charge in [0.05, 0.1) is 6.54 Å². The van der Waals surface area contributed by atoms with E-state index in [0.29, 0.717) is 13.0 Å². The highest BCUT2D eigenvalue weighted by Gasteiger charge is 2.19. The minimum Gasteiger partial charge on any atom is -0.353 e. The van der Waals surface area contributed by atoms with Gasteiger partial charge < -0.3 is 15.5 Å². The minimum absolute atomic E-state index is 0.0602. The van der Waals surface area contributed by atoms with E-state index < -0.39 is 0 Å². The molecular weight excluding hydrogens is 230 g/mol. The van der Waals surface area contributed by atoms with E-state index in [1.807, 2.05) is 13.8 Å². The molecule has 1 aliphatic rings. The van der Waals surface area contributed by atoms with Crippen LogP contribution in [0.2, 0.25) is 0 Å². The normalized spacial score (nSPS) is 18.3. The van der Waals surface area contributed by atoms with E-state index in [2.05, 4.69) is 10.6 Å². The first-order chi connectivity index (χ1) is 8.63. The molecule has 1 aliphatic heterocycles. The SMILES string of the molecule is CCN[C@H](C)CNC(=O)CN1CCCCCC1=O. The van der Waals surface area contributed by atoms with Crippen molar-refractivity contribution in [3.8, 4) is 0 Å². The van der Waals surface area contributed by atoms with Crippen LogP contribution in [0.4, 0.5) is 0 Å². The molecule has 1 rings (SSSR count). The zero-order valence-electron chi connectivity index (χ0n) is 11.5. The summed E-state index contributed by atoms with van der Waals surface area (Å²) in [5.74, 6) is 0.0531. The first-order valence-corrected chi connectivity index (χ1v) is 6.91. The lowest BCUT2D eigenvalue weighted by atomic mass is 10.2. The zero-order valence-corrected chi connectivity index (χ0v) is 11.5. The summed E-state index contributed by atoms with van der Waals surface area (Å²) in [6, 6.07) is 0.263. The molecule has 2 N–H and O–H groups in total. The van der Waals surface area contributed by atoms with Gasteiger partial charge in [0, 0.05) is 25.6 Å². The molecule has 2 amide bonds. The molecule has 0 aromatic rings. The van der Waals surface area contributed by atoms with Crippen LogP contribution in [0.5, 0.6) is 0 Å². The number of hydrogen-bond donors (Lipinski definition) is 2. The van der Waals surface area contributed by atoms with Crippen molar-refractivity contribution in [1.29, 1.82) is 0 Å². The second-order valence-electron chi connectivity index (χ2n) is 4.89. The number of rotatable bonds is 6. The topological polar surface area (TPSA) is 61.4 Å². The molecule has 5 heteroatoms. The molecule has 5 nitrogen and oxygen atoms in total. The van der Waals surface area contributed by atoms with Crippen LogP contribution in [0.1, 0.15) is 39.5 Å². The standard InChI is InChI=1S/C13H25N3O2/c1-3-14-11(2)9-15-12(17)10-16-8-6-4-5-7-13(16)18/h11,14H,3-10H2,1-2H3,(H,15,17)/t11-/m1/s1. The summed E-state index contributed by atoms with van der Waals surface area (Å²) in [5.41, 5.74) is 0. The maximum Gasteiger partial charge on any atom is 0.239 e. The van der Waals surface area contributed by atoms with E-state index >= 15 is 0 Å². The molecule has 0 radical (unpaired) electrons. The summed E-state index contributed by atoms with van der Waals surface area (Å²) >= 11 is 0. The summed E-state index contributed by atoms with van der Waals surface area (Å²) < 4.78 is 0. The van der Waals surface area contributed by atoms with Gasteiger partial charge in [0.25, 0.3) is 0 Å². The van der Waals surface area contributed by atoms with Crippen LogP contribution in [0, 0.1) is 0 Å². The third-order valence-electron chi connectivity index (χ3n) is 3.16. The Kier molecular flexibility index (Phi) is 6.72. The lowest BCUT2D eigenvalue weighted by Gasteiger charge is -2.20. The number of likely N-dealkylation sites (N-methyl/N-ethyl adjacent to an activating group) is 1. The Bertz CT molecular complexity index is 281. The van der Waals surface area contributed by atoms with Crippen molar-refractivity contribution in [3.05, 3.63) is 0 Å². The molecule has 0 aromatic carbocycles. The van der Waals surface area contributed by atoms with E-state index in [9.17, 15) is 9.59 Å². The van der Waals surface area contributed by atoms with E-state index in [0.717, 1.165) is 32.4 Å². The zero-order chi connectivity index (χ0) is 13.4. The maximum atomic E-state index is 11.7. The van der Waals surface area contributed by atoms with E-state index in [-0.39, 0.29) is 24.4 Å². The Labute approximate surface area is 109 Å². The number of nitrogens with zero attached hydrogens (tertiary/aromatic N) is 1. The van der Waals surface area contributed by atoms with Crippen molar-refractivity contribution < 1.29 is 9.59 Å². The molecule has 0 saturated carbocycles. The Hall–Kier alpha value is -1.10. The van der Waals surface area contributed by atoms with Crippen molar-refractivity contribution in [3.63, 3.8) is 0 Å². The fourth-order valence-electron chi connectivity index (χ4n) is 2.12. The third-order valence-corrected chi connectivity index (χ3v) is 3.16. The number of likely N-dealkylation sites (tertiary alicyclic amines) is 1. The predicted molar refractivity (Wildman–Crippen MR) is 71.2 cm³/mol. The first kappa shape index (κ1) is 15.0. The summed E-state index contributed by atoms with van der Waals surface area (Å²) in [7, 11) is 0. The van der Waals surface area contributed by atoms with Crippen LogP contribution in [0.15, 0.2) is 0 Å². The van der Waals surface area contributed by atoms with Gasteiger partial charge in [-0.2, -0.15) is 0 Å². The fourth-order valence-corrected chi connectivity index (χ4v) is 2.12. The Balaban J connectivity index is 2.27. The van der Waals surface area contributed by atoms with Gasteiger partial charge in [-0.25, -0.2) is 0 Å². The Morgan fingerprint density at radius 2 is 2.17 bits per heavy atom. The quantitative estimate of drug-likeness (QED) is 0.726. The van der Waals surface area contributed by atoms with Gasteiger partial charge in [0.1, 0.15) is 0 Å². The molecule has 104 valence electrons. The summed E-state index contributed by atoms with van der Waals surface area (Å²) in [6.07, 6.45) is 3.63. The highest BCUT2D eigenvalue weighted by atomic mass is 16.2. The van der Waals surface area contributed by atoms with Crippen LogP contribution >= 0.6 is 0 Å². The smallest absolute Gasteiger partial charge is 0.239 e. The average molecular weight is 255 g/mol. The highest BCUT2D eigenvalue weighted by molar-refractivity contribution is 5.84. The van der Waals surface area contributed by atoms with Gasteiger partial charge in [-0.1, -0.05) is 13.3 Å². The molecule has 0 bridgehead atoms. The van der Waals surface area contributed by atoms with Gasteiger partial charge >= 0.3 is 0 Å². The average Bonchev–Trinajstić information content (AvgIpc) is 2.53. The summed E-state index contributed by atoms with van der Waals surface area (Å²) in [5, 5.41) is 6.09. The van der Waals surface area contributed by atoms with E-state index in [1.165, 1.54) is 0 Å². The van der Waals surface area contributed by atoms with Gasteiger partial charge in [-0.05, 0) is 26.3 Å². The van der Waals surface area contributed by atoms with Crippen molar-refractivity contribution in [2.75, 3.05) is 26.2 Å². The Morgan fingerprint density at radius 3 is 2.89 bits per heavy atom. The lowest BCUT2D eigenvalue weighted by Crippen LogP contribution is -2.44. The molecule has 1 saturated heterocycles. The largest absolute Gasteiger partial charge is 0.353 e. The predicted octanol–water partition coefficient (Wildman–Crippen LogP) is 0.503. The van der Waals surface area contributed by atoms with Crippen molar-refractivity contribution >= 4 is 11.8 Å². The van der Waals surface area contributed by atoms with E-state index in [4.69, 9.17) is 0 Å². The number of carbonyl (C=O) groups is 2. The molecular formula is C13H25N3O2. The van der Waals surface area contributed by atoms with Crippen LogP contribution in [0.3, 0.4) is 0 Å². The number of nitrogens with one attached hydrogen (secondary N) is 2. The fraction of sp³-hybridized carbons (Fsp3) is 0.846. The van der Waals surface area contributed by atoms with Crippen LogP contribution in [0.25, 0.3) is 0 Å². The minimum atomic E-state index is -0.0602. The molecule has 0 aromatic heterocycles. The first-order valence-electron chi connectivity index (χ1n) is 6.91. The van der Waals surface area contributed by atoms with Gasteiger partial charge in [-0.3, -0.25) is 9.59 Å². The highest BCUT2D eigenvalue weighted by Crippen LogP contribution is 2.10. The molecule has 0 aliphatic carbocycles. The number of carbonyl (C=O) groups excluding carboxylic acids is 2. The summed E-state index contributed by atoms with van der Waals surface area (Å²) in [6.45, 7) is 6.48. The monoisotopic (exact) mass is 255 g/mol. The van der Waals surface area contributed by atoms with Gasteiger partial charge in [-0.15, -0.1) is 0 Å².